The number of amides is 1. The Morgan fingerprint density at radius 2 is 2.28 bits per heavy atom. The van der Waals surface area contributed by atoms with Gasteiger partial charge in [-0.1, -0.05) is 26.0 Å². The lowest BCUT2D eigenvalue weighted by Gasteiger charge is -2.16. The molecule has 0 spiro atoms. The van der Waals surface area contributed by atoms with Crippen LogP contribution in [-0.2, 0) is 17.6 Å². The minimum absolute atomic E-state index is 0.0740. The number of carbonyl (C=O) groups is 1. The molecule has 1 aromatic carbocycles. The first-order valence-corrected chi connectivity index (χ1v) is 7.67. The lowest BCUT2D eigenvalue weighted by molar-refractivity contribution is -0.123. The van der Waals surface area contributed by atoms with Gasteiger partial charge in [0.25, 0.3) is 0 Å². The molecule has 0 bridgehead atoms. The van der Waals surface area contributed by atoms with E-state index in [0.717, 1.165) is 13.0 Å². The number of carbonyl (C=O) groups excluding carboxylic acids is 1. The third-order valence-electron chi connectivity index (χ3n) is 3.21. The van der Waals surface area contributed by atoms with Crippen LogP contribution in [0.1, 0.15) is 31.4 Å². The zero-order valence-electron chi connectivity index (χ0n) is 11.2. The molecule has 0 aromatic heterocycles. The Hall–Kier alpha value is -0.960. The van der Waals surface area contributed by atoms with Gasteiger partial charge in [-0.2, -0.15) is 0 Å². The summed E-state index contributed by atoms with van der Waals surface area (Å²) in [7, 11) is 0. The Morgan fingerprint density at radius 3 is 3.06 bits per heavy atom. The highest BCUT2D eigenvalue weighted by atomic mass is 32.2. The number of nitrogens with one attached hydrogen (secondary N) is 1. The predicted octanol–water partition coefficient (Wildman–Crippen LogP) is 3.04. The zero-order chi connectivity index (χ0) is 13.0. The maximum absolute atomic E-state index is 11.5. The summed E-state index contributed by atoms with van der Waals surface area (Å²) in [6.45, 7) is 4.58. The van der Waals surface area contributed by atoms with Crippen LogP contribution in [0, 0.1) is 5.92 Å². The lowest BCUT2D eigenvalue weighted by atomic mass is 10.0. The quantitative estimate of drug-likeness (QED) is 0.904. The molecule has 0 radical (unpaired) electrons. The molecule has 18 heavy (non-hydrogen) atoms. The maximum Gasteiger partial charge on any atom is 0.222 e. The van der Waals surface area contributed by atoms with Crippen molar-refractivity contribution >= 4 is 17.7 Å². The molecule has 1 aliphatic heterocycles. The smallest absolute Gasteiger partial charge is 0.222 e. The second-order valence-electron chi connectivity index (χ2n) is 5.09. The minimum Gasteiger partial charge on any atom is -0.356 e. The molecule has 0 aliphatic carbocycles. The van der Waals surface area contributed by atoms with Gasteiger partial charge in [-0.05, 0) is 42.2 Å². The number of hydrogen-bond donors (Lipinski definition) is 1. The van der Waals surface area contributed by atoms with Crippen molar-refractivity contribution in [3.05, 3.63) is 29.3 Å². The summed E-state index contributed by atoms with van der Waals surface area (Å²) in [6, 6.07) is 6.74. The van der Waals surface area contributed by atoms with Gasteiger partial charge in [-0.25, -0.2) is 0 Å². The normalized spacial score (nSPS) is 14.4. The fourth-order valence-electron chi connectivity index (χ4n) is 2.10. The van der Waals surface area contributed by atoms with Crippen LogP contribution in [0.5, 0.6) is 0 Å². The van der Waals surface area contributed by atoms with E-state index in [1.807, 2.05) is 25.6 Å². The van der Waals surface area contributed by atoms with Crippen molar-refractivity contribution in [3.63, 3.8) is 0 Å². The zero-order valence-corrected chi connectivity index (χ0v) is 12.0. The number of rotatable bonds is 4. The van der Waals surface area contributed by atoms with E-state index >= 15 is 0 Å². The van der Waals surface area contributed by atoms with E-state index in [2.05, 4.69) is 23.5 Å². The molecule has 2 rings (SSSR count). The van der Waals surface area contributed by atoms with Gasteiger partial charge >= 0.3 is 0 Å². The summed E-state index contributed by atoms with van der Waals surface area (Å²) in [5, 5.41) is 2.97. The first kappa shape index (κ1) is 13.5. The summed E-state index contributed by atoms with van der Waals surface area (Å²) >= 11 is 1.96. The average Bonchev–Trinajstić information content (AvgIpc) is 2.38. The number of benzene rings is 1. The molecule has 1 N–H and O–H groups in total. The topological polar surface area (TPSA) is 29.1 Å². The van der Waals surface area contributed by atoms with E-state index in [1.54, 1.807) is 0 Å². The average molecular weight is 263 g/mol. The molecule has 1 aliphatic rings. The highest BCUT2D eigenvalue weighted by molar-refractivity contribution is 7.99. The summed E-state index contributed by atoms with van der Waals surface area (Å²) in [6.07, 6.45) is 3.41. The van der Waals surface area contributed by atoms with E-state index in [0.29, 0.717) is 0 Å². The molecular weight excluding hydrogens is 242 g/mol. The minimum atomic E-state index is 0.0740. The second-order valence-corrected chi connectivity index (χ2v) is 6.23. The van der Waals surface area contributed by atoms with Crippen LogP contribution in [0.3, 0.4) is 0 Å². The van der Waals surface area contributed by atoms with Crippen molar-refractivity contribution in [3.8, 4) is 0 Å². The number of thioether (sulfide) groups is 1. The molecule has 0 atom stereocenters. The lowest BCUT2D eigenvalue weighted by Crippen LogP contribution is -2.29. The molecule has 0 saturated heterocycles. The second kappa shape index (κ2) is 6.28. The van der Waals surface area contributed by atoms with Crippen molar-refractivity contribution in [1.82, 2.24) is 5.32 Å². The van der Waals surface area contributed by atoms with Crippen molar-refractivity contribution in [2.45, 2.75) is 38.0 Å². The number of hydrogen-bond acceptors (Lipinski definition) is 2. The fourth-order valence-corrected chi connectivity index (χ4v) is 3.12. The van der Waals surface area contributed by atoms with Crippen LogP contribution >= 0.6 is 11.8 Å². The van der Waals surface area contributed by atoms with Crippen LogP contribution in [0.25, 0.3) is 0 Å². The van der Waals surface area contributed by atoms with Crippen molar-refractivity contribution in [1.29, 1.82) is 0 Å². The molecule has 1 amide bonds. The number of aryl methyl sites for hydroxylation is 1. The summed E-state index contributed by atoms with van der Waals surface area (Å²) in [5.41, 5.74) is 2.82. The highest BCUT2D eigenvalue weighted by Gasteiger charge is 2.10. The fraction of sp³-hybridized carbons (Fsp3) is 0.533. The molecule has 0 saturated carbocycles. The van der Waals surface area contributed by atoms with Crippen molar-refractivity contribution in [2.75, 3.05) is 12.3 Å². The van der Waals surface area contributed by atoms with Gasteiger partial charge in [0.15, 0.2) is 0 Å². The standard InChI is InChI=1S/C15H21NOS/c1-11(2)15(17)16-8-7-12-5-6-14-13(10-12)4-3-9-18-14/h5-6,10-11H,3-4,7-9H2,1-2H3,(H,16,17). The molecule has 2 nitrogen and oxygen atoms in total. The van der Waals surface area contributed by atoms with Crippen LogP contribution in [-0.4, -0.2) is 18.2 Å². The molecular formula is C15H21NOS. The SMILES string of the molecule is CC(C)C(=O)NCCc1ccc2c(c1)CCCS2. The molecule has 0 unspecified atom stereocenters. The van der Waals surface area contributed by atoms with Crippen molar-refractivity contribution in [2.24, 2.45) is 5.92 Å². The number of fused-ring (bicyclic) bond motifs is 1. The largest absolute Gasteiger partial charge is 0.356 e. The Morgan fingerprint density at radius 1 is 1.44 bits per heavy atom. The van der Waals surface area contributed by atoms with E-state index < -0.39 is 0 Å². The molecule has 3 heteroatoms. The van der Waals surface area contributed by atoms with Gasteiger partial charge in [0.05, 0.1) is 0 Å². The van der Waals surface area contributed by atoms with Crippen molar-refractivity contribution < 1.29 is 4.79 Å². The third kappa shape index (κ3) is 3.52. The Labute approximate surface area is 114 Å². The van der Waals surface area contributed by atoms with Crippen LogP contribution in [0.2, 0.25) is 0 Å². The van der Waals surface area contributed by atoms with Gasteiger partial charge in [0.1, 0.15) is 0 Å². The molecule has 98 valence electrons. The Kier molecular flexibility index (Phi) is 4.70. The van der Waals surface area contributed by atoms with Gasteiger partial charge in [0, 0.05) is 17.4 Å². The van der Waals surface area contributed by atoms with Crippen LogP contribution in [0.15, 0.2) is 23.1 Å². The summed E-state index contributed by atoms with van der Waals surface area (Å²) in [4.78, 5) is 12.9. The molecule has 0 fully saturated rings. The third-order valence-corrected chi connectivity index (χ3v) is 4.41. The monoisotopic (exact) mass is 263 g/mol. The molecule has 1 heterocycles. The Balaban J connectivity index is 1.88. The summed E-state index contributed by atoms with van der Waals surface area (Å²) < 4.78 is 0. The summed E-state index contributed by atoms with van der Waals surface area (Å²) in [5.74, 6) is 1.46. The van der Waals surface area contributed by atoms with E-state index in [1.165, 1.54) is 34.6 Å². The van der Waals surface area contributed by atoms with E-state index in [-0.39, 0.29) is 11.8 Å². The Bertz CT molecular complexity index is 429. The van der Waals surface area contributed by atoms with Gasteiger partial charge < -0.3 is 5.32 Å². The van der Waals surface area contributed by atoms with Crippen LogP contribution in [0.4, 0.5) is 0 Å². The first-order chi connectivity index (χ1) is 8.66. The van der Waals surface area contributed by atoms with Gasteiger partial charge in [-0.3, -0.25) is 4.79 Å². The molecule has 1 aromatic rings. The van der Waals surface area contributed by atoms with E-state index in [9.17, 15) is 4.79 Å². The first-order valence-electron chi connectivity index (χ1n) is 6.69. The maximum atomic E-state index is 11.5. The van der Waals surface area contributed by atoms with Gasteiger partial charge in [0.2, 0.25) is 5.91 Å². The van der Waals surface area contributed by atoms with Crippen LogP contribution < -0.4 is 5.32 Å². The highest BCUT2D eigenvalue weighted by Crippen LogP contribution is 2.30. The predicted molar refractivity (Wildman–Crippen MR) is 77.0 cm³/mol. The van der Waals surface area contributed by atoms with E-state index in [4.69, 9.17) is 0 Å². The van der Waals surface area contributed by atoms with Gasteiger partial charge in [-0.15, -0.1) is 11.8 Å².